The van der Waals surface area contributed by atoms with Crippen LogP contribution in [0.3, 0.4) is 0 Å². The zero-order chi connectivity index (χ0) is 43.1. The number of unbranched alkanes of at least 4 members (excludes halogenated alkanes) is 7. The van der Waals surface area contributed by atoms with Crippen molar-refractivity contribution in [3.63, 3.8) is 0 Å². The standard InChI is InChI=1S/C48H55N3O9S/c1-3-5-6-7-8-9-10-15-30-51(48-50-42-18-13-14-19-44(42)61-48)49-34-38-33-41(58-35-52)28-29-43(38)60-47(55)37-22-20-36(21-23-37)46(54)59-40-26-24-39(25-27-40)56-31-16-11-12-17-32-57-45(53)4-2/h4,13-14,18-19,24-29,33-37H,2-3,7-12,15-17,20-23,30-32H2,1H3/b49-34+/t36-,37-. The van der Waals surface area contributed by atoms with Gasteiger partial charge < -0.3 is 23.7 Å². The first kappa shape index (κ1) is 46.1. The number of aromatic nitrogens is 1. The van der Waals surface area contributed by atoms with Crippen molar-refractivity contribution in [1.82, 2.24) is 4.98 Å². The van der Waals surface area contributed by atoms with E-state index in [4.69, 9.17) is 33.8 Å². The molecule has 13 heteroatoms. The van der Waals surface area contributed by atoms with Crippen LogP contribution < -0.4 is 24.0 Å². The summed E-state index contributed by atoms with van der Waals surface area (Å²) >= 11 is 1.55. The van der Waals surface area contributed by atoms with Gasteiger partial charge in [-0.3, -0.25) is 14.4 Å². The van der Waals surface area contributed by atoms with Crippen LogP contribution in [0.15, 0.2) is 84.5 Å². The van der Waals surface area contributed by atoms with Crippen LogP contribution in [0.4, 0.5) is 5.13 Å². The Labute approximate surface area is 362 Å². The number of ether oxygens (including phenoxy) is 5. The van der Waals surface area contributed by atoms with Crippen LogP contribution in [-0.4, -0.2) is 55.3 Å². The molecule has 0 atom stereocenters. The fourth-order valence-corrected chi connectivity index (χ4v) is 7.68. The summed E-state index contributed by atoms with van der Waals surface area (Å²) in [6.45, 7) is 7.34. The first-order chi connectivity index (χ1) is 29.9. The van der Waals surface area contributed by atoms with Crippen LogP contribution in [0, 0.1) is 23.7 Å². The number of fused-ring (bicyclic) bond motifs is 1. The molecule has 0 radical (unpaired) electrons. The largest absolute Gasteiger partial charge is 0.494 e. The molecule has 61 heavy (non-hydrogen) atoms. The predicted molar refractivity (Wildman–Crippen MR) is 237 cm³/mol. The van der Waals surface area contributed by atoms with E-state index in [1.165, 1.54) is 0 Å². The molecule has 1 heterocycles. The Balaban J connectivity index is 1.12. The molecule has 3 aromatic carbocycles. The Morgan fingerprint density at radius 1 is 0.820 bits per heavy atom. The number of hydrogen-bond donors (Lipinski definition) is 0. The second-order valence-electron chi connectivity index (χ2n) is 14.6. The molecule has 5 rings (SSSR count). The van der Waals surface area contributed by atoms with Crippen molar-refractivity contribution >= 4 is 57.3 Å². The first-order valence-corrected chi connectivity index (χ1v) is 22.0. The SMILES string of the molecule is C=CC(=O)OCCCCCCOc1ccc(OC(=O)[C@H]2CC[C@H](C(=O)Oc3ccc(OC=O)cc3/C=N/N(CCCCCCC#CCC)c3nc4ccccc4s3)CC2)cc1. The van der Waals surface area contributed by atoms with Crippen LogP contribution in [0.5, 0.6) is 23.0 Å². The zero-order valence-electron chi connectivity index (χ0n) is 34.9. The normalized spacial score (nSPS) is 14.7. The van der Waals surface area contributed by atoms with Gasteiger partial charge in [0.2, 0.25) is 5.13 Å². The maximum Gasteiger partial charge on any atom is 0.330 e. The fraction of sp³-hybridized carbons (Fsp3) is 0.417. The fourth-order valence-electron chi connectivity index (χ4n) is 6.74. The lowest BCUT2D eigenvalue weighted by Gasteiger charge is -2.26. The zero-order valence-corrected chi connectivity index (χ0v) is 35.7. The molecule has 0 aliphatic heterocycles. The second-order valence-corrected chi connectivity index (χ2v) is 15.6. The third kappa shape index (κ3) is 15.5. The van der Waals surface area contributed by atoms with Gasteiger partial charge in [-0.2, -0.15) is 5.10 Å². The summed E-state index contributed by atoms with van der Waals surface area (Å²) in [4.78, 5) is 53.7. The average Bonchev–Trinajstić information content (AvgIpc) is 3.72. The van der Waals surface area contributed by atoms with E-state index < -0.39 is 17.9 Å². The Morgan fingerprint density at radius 2 is 1.49 bits per heavy atom. The maximum absolute atomic E-state index is 13.5. The van der Waals surface area contributed by atoms with Crippen molar-refractivity contribution in [3.8, 4) is 34.8 Å². The number of nitrogens with zero attached hydrogens (tertiary/aromatic N) is 3. The van der Waals surface area contributed by atoms with Gasteiger partial charge in [0.05, 0.1) is 41.5 Å². The molecule has 12 nitrogen and oxygen atoms in total. The summed E-state index contributed by atoms with van der Waals surface area (Å²) in [7, 11) is 0. The summed E-state index contributed by atoms with van der Waals surface area (Å²) in [6.07, 6.45) is 14.0. The molecule has 0 saturated heterocycles. The molecule has 1 saturated carbocycles. The van der Waals surface area contributed by atoms with Crippen LogP contribution in [0.25, 0.3) is 10.2 Å². The Hall–Kier alpha value is -6.00. The minimum atomic E-state index is -0.404. The molecule has 0 bridgehead atoms. The Kier molecular flexibility index (Phi) is 19.3. The lowest BCUT2D eigenvalue weighted by atomic mass is 9.82. The number of benzene rings is 3. The quantitative estimate of drug-likeness (QED) is 0.00972. The van der Waals surface area contributed by atoms with Gasteiger partial charge >= 0.3 is 17.9 Å². The third-order valence-corrected chi connectivity index (χ3v) is 11.1. The van der Waals surface area contributed by atoms with E-state index in [0.717, 1.165) is 85.6 Å². The predicted octanol–water partition coefficient (Wildman–Crippen LogP) is 10.0. The number of hydrogen-bond acceptors (Lipinski definition) is 13. The molecule has 0 unspecified atom stereocenters. The number of thiazole rings is 1. The maximum atomic E-state index is 13.5. The summed E-state index contributed by atoms with van der Waals surface area (Å²) in [5.41, 5.74) is 1.35. The Bertz CT molecular complexity index is 2100. The van der Waals surface area contributed by atoms with Gasteiger partial charge in [-0.15, -0.1) is 11.8 Å². The first-order valence-electron chi connectivity index (χ1n) is 21.2. The second kappa shape index (κ2) is 25.6. The molecular formula is C48H55N3O9S. The van der Waals surface area contributed by atoms with Gasteiger partial charge in [0, 0.05) is 31.0 Å². The summed E-state index contributed by atoms with van der Waals surface area (Å²) in [6, 6.07) is 19.7. The van der Waals surface area contributed by atoms with Crippen LogP contribution in [-0.2, 0) is 23.9 Å². The van der Waals surface area contributed by atoms with E-state index in [1.807, 2.05) is 29.3 Å². The minimum Gasteiger partial charge on any atom is -0.494 e. The highest BCUT2D eigenvalue weighted by Crippen LogP contribution is 2.33. The monoisotopic (exact) mass is 849 g/mol. The van der Waals surface area contributed by atoms with E-state index in [1.54, 1.807) is 60.0 Å². The number of para-hydroxylation sites is 1. The minimum absolute atomic E-state index is 0.280. The van der Waals surface area contributed by atoms with E-state index in [2.05, 4.69) is 25.3 Å². The number of hydrazone groups is 1. The number of carbonyl (C=O) groups is 4. The van der Waals surface area contributed by atoms with Gasteiger partial charge in [0.15, 0.2) is 0 Å². The van der Waals surface area contributed by atoms with E-state index in [9.17, 15) is 19.2 Å². The van der Waals surface area contributed by atoms with Crippen molar-refractivity contribution in [3.05, 3.63) is 84.9 Å². The molecule has 0 N–H and O–H groups in total. The summed E-state index contributed by atoms with van der Waals surface area (Å²) < 4.78 is 28.6. The molecule has 0 spiro atoms. The number of esters is 3. The molecule has 1 fully saturated rings. The smallest absolute Gasteiger partial charge is 0.330 e. The van der Waals surface area contributed by atoms with Crippen molar-refractivity contribution < 1.29 is 42.9 Å². The number of rotatable bonds is 24. The highest BCUT2D eigenvalue weighted by Gasteiger charge is 2.32. The van der Waals surface area contributed by atoms with E-state index in [-0.39, 0.29) is 23.4 Å². The van der Waals surface area contributed by atoms with E-state index in [0.29, 0.717) is 69.0 Å². The average molecular weight is 850 g/mol. The van der Waals surface area contributed by atoms with Crippen molar-refractivity contribution in [1.29, 1.82) is 0 Å². The molecule has 1 aliphatic rings. The number of carbonyl (C=O) groups excluding carboxylic acids is 4. The molecule has 4 aromatic rings. The van der Waals surface area contributed by atoms with Crippen molar-refractivity contribution in [2.24, 2.45) is 16.9 Å². The lowest BCUT2D eigenvalue weighted by molar-refractivity contribution is -0.145. The third-order valence-electron chi connectivity index (χ3n) is 10.1. The molecule has 1 aliphatic carbocycles. The number of anilines is 1. The highest BCUT2D eigenvalue weighted by atomic mass is 32.1. The van der Waals surface area contributed by atoms with Crippen LogP contribution in [0.1, 0.15) is 102 Å². The molecule has 1 aromatic heterocycles. The topological polar surface area (TPSA) is 143 Å². The van der Waals surface area contributed by atoms with Gasteiger partial charge in [0.25, 0.3) is 6.47 Å². The lowest BCUT2D eigenvalue weighted by Crippen LogP contribution is -2.30. The molecule has 0 amide bonds. The van der Waals surface area contributed by atoms with Crippen molar-refractivity contribution in [2.45, 2.75) is 96.8 Å². The van der Waals surface area contributed by atoms with Gasteiger partial charge in [0.1, 0.15) is 23.0 Å². The molecular weight excluding hydrogens is 795 g/mol. The summed E-state index contributed by atoms with van der Waals surface area (Å²) in [5, 5.41) is 7.44. The van der Waals surface area contributed by atoms with Gasteiger partial charge in [-0.05, 0) is 119 Å². The van der Waals surface area contributed by atoms with Crippen molar-refractivity contribution in [2.75, 3.05) is 24.8 Å². The van der Waals surface area contributed by atoms with Crippen LogP contribution >= 0.6 is 11.3 Å². The highest BCUT2D eigenvalue weighted by molar-refractivity contribution is 7.22. The van der Waals surface area contributed by atoms with Gasteiger partial charge in [-0.1, -0.05) is 49.8 Å². The van der Waals surface area contributed by atoms with Crippen LogP contribution in [0.2, 0.25) is 0 Å². The Morgan fingerprint density at radius 3 is 2.21 bits per heavy atom. The molecule has 322 valence electrons. The van der Waals surface area contributed by atoms with E-state index >= 15 is 0 Å². The van der Waals surface area contributed by atoms with Gasteiger partial charge in [-0.25, -0.2) is 14.8 Å². The summed E-state index contributed by atoms with van der Waals surface area (Å²) in [5.74, 6) is 6.12.